The Morgan fingerprint density at radius 2 is 1.92 bits per heavy atom. The highest BCUT2D eigenvalue weighted by Gasteiger charge is 2.21. The molecule has 1 saturated heterocycles. The second-order valence-corrected chi connectivity index (χ2v) is 8.58. The lowest BCUT2D eigenvalue weighted by Gasteiger charge is -2.34. The third-order valence-electron chi connectivity index (χ3n) is 6.08. The topological polar surface area (TPSA) is 27.7 Å². The van der Waals surface area contributed by atoms with Gasteiger partial charge in [-0.15, -0.1) is 0 Å². The van der Waals surface area contributed by atoms with Gasteiger partial charge in [-0.3, -0.25) is 4.90 Å². The van der Waals surface area contributed by atoms with Gasteiger partial charge in [0.1, 0.15) is 0 Å². The maximum atomic E-state index is 5.86. The van der Waals surface area contributed by atoms with Gasteiger partial charge in [-0.1, -0.05) is 31.4 Å². The fourth-order valence-electron chi connectivity index (χ4n) is 4.43. The minimum absolute atomic E-state index is 0.601. The Labute approximate surface area is 165 Å². The van der Waals surface area contributed by atoms with Gasteiger partial charge < -0.3 is 15.0 Å². The van der Waals surface area contributed by atoms with Crippen LogP contribution in [-0.4, -0.2) is 66.9 Å². The maximum absolute atomic E-state index is 5.86. The summed E-state index contributed by atoms with van der Waals surface area (Å²) in [6.07, 6.45) is 16.3. The molecule has 0 amide bonds. The predicted octanol–water partition coefficient (Wildman–Crippen LogP) is 3.57. The molecular weight excluding hydrogens is 342 g/mol. The number of rotatable bonds is 7. The van der Waals surface area contributed by atoms with Crippen molar-refractivity contribution in [2.45, 2.75) is 63.8 Å². The number of nitrogens with one attached hydrogen (secondary N) is 1. The first kappa shape index (κ1) is 20.1. The molecule has 3 rings (SSSR count). The summed E-state index contributed by atoms with van der Waals surface area (Å²) in [5.41, 5.74) is 0. The van der Waals surface area contributed by atoms with Crippen LogP contribution in [-0.2, 0) is 4.74 Å². The van der Waals surface area contributed by atoms with E-state index in [1.54, 1.807) is 0 Å². The van der Waals surface area contributed by atoms with Gasteiger partial charge in [-0.05, 0) is 56.7 Å². The molecule has 1 aliphatic heterocycles. The van der Waals surface area contributed by atoms with Gasteiger partial charge in [0.25, 0.3) is 0 Å². The summed E-state index contributed by atoms with van der Waals surface area (Å²) in [7, 11) is 0. The number of allylic oxidation sites excluding steroid dienone is 2. The molecule has 0 bridgehead atoms. The normalized spacial score (nSPS) is 25.2. The fraction of sp³-hybridized carbons (Fsp3) is 0.857. The standard InChI is InChI=1S/C21H37N3OS/c26-21(22-20-10-5-2-6-11-20)24(18-19-8-3-1-4-9-19)13-7-12-23-14-16-25-17-15-23/h1,3,19-20H,2,4-18H2,(H,22,26). The Morgan fingerprint density at radius 1 is 1.12 bits per heavy atom. The summed E-state index contributed by atoms with van der Waals surface area (Å²) in [5, 5.41) is 4.71. The van der Waals surface area contributed by atoms with Gasteiger partial charge in [0.2, 0.25) is 0 Å². The molecular formula is C21H37N3OS. The molecule has 2 fully saturated rings. The van der Waals surface area contributed by atoms with Crippen molar-refractivity contribution in [3.63, 3.8) is 0 Å². The van der Waals surface area contributed by atoms with Crippen molar-refractivity contribution in [3.8, 4) is 0 Å². The average Bonchev–Trinajstić information content (AvgIpc) is 2.69. The number of nitrogens with zero attached hydrogens (tertiary/aromatic N) is 2. The largest absolute Gasteiger partial charge is 0.379 e. The van der Waals surface area contributed by atoms with E-state index in [2.05, 4.69) is 27.3 Å². The molecule has 0 spiro atoms. The summed E-state index contributed by atoms with van der Waals surface area (Å²) >= 11 is 5.86. The van der Waals surface area contributed by atoms with E-state index < -0.39 is 0 Å². The first-order chi connectivity index (χ1) is 12.8. The zero-order valence-electron chi connectivity index (χ0n) is 16.3. The molecule has 1 N–H and O–H groups in total. The molecule has 148 valence electrons. The SMILES string of the molecule is S=C(NC1CCCCC1)N(CCCN1CCOCC1)CC1CC=CCC1. The summed E-state index contributed by atoms with van der Waals surface area (Å²) < 4.78 is 5.46. The van der Waals surface area contributed by atoms with Crippen LogP contribution in [0.5, 0.6) is 0 Å². The number of morpholine rings is 1. The lowest BCUT2D eigenvalue weighted by Crippen LogP contribution is -2.48. The summed E-state index contributed by atoms with van der Waals surface area (Å²) in [4.78, 5) is 5.01. The van der Waals surface area contributed by atoms with E-state index in [1.807, 2.05) is 0 Å². The summed E-state index contributed by atoms with van der Waals surface area (Å²) in [5.74, 6) is 0.759. The Morgan fingerprint density at radius 3 is 2.65 bits per heavy atom. The highest BCUT2D eigenvalue weighted by atomic mass is 32.1. The fourth-order valence-corrected chi connectivity index (χ4v) is 4.76. The van der Waals surface area contributed by atoms with Gasteiger partial charge in [-0.25, -0.2) is 0 Å². The summed E-state index contributed by atoms with van der Waals surface area (Å²) in [6.45, 7) is 7.30. The average molecular weight is 380 g/mol. The lowest BCUT2D eigenvalue weighted by molar-refractivity contribution is 0.0367. The van der Waals surface area contributed by atoms with Crippen molar-refractivity contribution in [3.05, 3.63) is 12.2 Å². The van der Waals surface area contributed by atoms with Crippen LogP contribution in [0.1, 0.15) is 57.8 Å². The van der Waals surface area contributed by atoms with Crippen molar-refractivity contribution in [2.24, 2.45) is 5.92 Å². The number of ether oxygens (including phenoxy) is 1. The van der Waals surface area contributed by atoms with Crippen LogP contribution in [0.15, 0.2) is 12.2 Å². The van der Waals surface area contributed by atoms with Crippen LogP contribution in [0.3, 0.4) is 0 Å². The predicted molar refractivity (Wildman–Crippen MR) is 113 cm³/mol. The van der Waals surface area contributed by atoms with Crippen LogP contribution in [0.2, 0.25) is 0 Å². The Bertz CT molecular complexity index is 445. The monoisotopic (exact) mass is 379 g/mol. The van der Waals surface area contributed by atoms with Crippen molar-refractivity contribution in [1.29, 1.82) is 0 Å². The lowest BCUT2D eigenvalue weighted by atomic mass is 9.94. The van der Waals surface area contributed by atoms with E-state index in [4.69, 9.17) is 17.0 Å². The van der Waals surface area contributed by atoms with Crippen molar-refractivity contribution in [1.82, 2.24) is 15.1 Å². The maximum Gasteiger partial charge on any atom is 0.169 e. The van der Waals surface area contributed by atoms with E-state index in [9.17, 15) is 0 Å². The molecule has 0 aromatic carbocycles. The van der Waals surface area contributed by atoms with Crippen molar-refractivity contribution >= 4 is 17.3 Å². The molecule has 2 aliphatic carbocycles. The Balaban J connectivity index is 1.47. The molecule has 26 heavy (non-hydrogen) atoms. The molecule has 4 nitrogen and oxygen atoms in total. The van der Waals surface area contributed by atoms with Crippen LogP contribution in [0.25, 0.3) is 0 Å². The molecule has 1 unspecified atom stereocenters. The molecule has 5 heteroatoms. The molecule has 0 aromatic heterocycles. The Hall–Kier alpha value is -0.650. The first-order valence-electron chi connectivity index (χ1n) is 10.8. The number of thiocarbonyl (C=S) groups is 1. The van der Waals surface area contributed by atoms with Gasteiger partial charge >= 0.3 is 0 Å². The molecule has 1 heterocycles. The first-order valence-corrected chi connectivity index (χ1v) is 11.2. The molecule has 1 saturated carbocycles. The molecule has 3 aliphatic rings. The quantitative estimate of drug-likeness (QED) is 0.539. The van der Waals surface area contributed by atoms with E-state index in [0.717, 1.165) is 57.0 Å². The number of hydrogen-bond acceptors (Lipinski definition) is 3. The smallest absolute Gasteiger partial charge is 0.169 e. The zero-order chi connectivity index (χ0) is 18.0. The zero-order valence-corrected chi connectivity index (χ0v) is 17.2. The second kappa shape index (κ2) is 11.3. The van der Waals surface area contributed by atoms with Crippen molar-refractivity contribution < 1.29 is 4.74 Å². The Kier molecular flexibility index (Phi) is 8.70. The summed E-state index contributed by atoms with van der Waals surface area (Å²) in [6, 6.07) is 0.601. The third kappa shape index (κ3) is 6.82. The van der Waals surface area contributed by atoms with Crippen LogP contribution in [0, 0.1) is 5.92 Å². The molecule has 0 aromatic rings. The van der Waals surface area contributed by atoms with Crippen molar-refractivity contribution in [2.75, 3.05) is 45.9 Å². The highest BCUT2D eigenvalue weighted by molar-refractivity contribution is 7.80. The van der Waals surface area contributed by atoms with E-state index in [-0.39, 0.29) is 0 Å². The van der Waals surface area contributed by atoms with Gasteiger partial charge in [0.15, 0.2) is 5.11 Å². The minimum Gasteiger partial charge on any atom is -0.379 e. The molecule has 1 atom stereocenters. The van der Waals surface area contributed by atoms with Crippen LogP contribution < -0.4 is 5.32 Å². The van der Waals surface area contributed by atoms with E-state index in [0.29, 0.717) is 6.04 Å². The van der Waals surface area contributed by atoms with Crippen LogP contribution in [0.4, 0.5) is 0 Å². The molecule has 0 radical (unpaired) electrons. The van der Waals surface area contributed by atoms with E-state index >= 15 is 0 Å². The second-order valence-electron chi connectivity index (χ2n) is 8.19. The third-order valence-corrected chi connectivity index (χ3v) is 6.46. The van der Waals surface area contributed by atoms with Crippen LogP contribution >= 0.6 is 12.2 Å². The minimum atomic E-state index is 0.601. The van der Waals surface area contributed by atoms with Gasteiger partial charge in [-0.2, -0.15) is 0 Å². The number of hydrogen-bond donors (Lipinski definition) is 1. The van der Waals surface area contributed by atoms with Gasteiger partial charge in [0, 0.05) is 38.8 Å². The van der Waals surface area contributed by atoms with Gasteiger partial charge in [0.05, 0.1) is 13.2 Å². The van der Waals surface area contributed by atoms with E-state index in [1.165, 1.54) is 57.8 Å². The highest BCUT2D eigenvalue weighted by Crippen LogP contribution is 2.21.